The van der Waals surface area contributed by atoms with Crippen molar-refractivity contribution in [3.05, 3.63) is 162 Å². The minimum Gasteiger partial charge on any atom is -0.333 e. The summed E-state index contributed by atoms with van der Waals surface area (Å²) in [4.78, 5) is 9.25. The molecule has 0 saturated heterocycles. The van der Waals surface area contributed by atoms with Crippen molar-refractivity contribution in [2.24, 2.45) is 0 Å². The van der Waals surface area contributed by atoms with Crippen LogP contribution >= 0.6 is 11.3 Å². The van der Waals surface area contributed by atoms with Gasteiger partial charge in [0.1, 0.15) is 5.82 Å². The number of hydrogen-bond acceptors (Lipinski definition) is 3. The van der Waals surface area contributed by atoms with E-state index in [9.17, 15) is 4.39 Å². The van der Waals surface area contributed by atoms with Crippen LogP contribution < -0.4 is 0 Å². The van der Waals surface area contributed by atoms with Gasteiger partial charge in [-0.15, -0.1) is 59.7 Å². The third kappa shape index (κ3) is 6.91. The zero-order valence-corrected chi connectivity index (χ0v) is 33.4. The van der Waals surface area contributed by atoms with Gasteiger partial charge >= 0.3 is 0 Å². The second-order valence-electron chi connectivity index (χ2n) is 13.8. The van der Waals surface area contributed by atoms with Gasteiger partial charge < -0.3 is 9.55 Å². The fourth-order valence-corrected chi connectivity index (χ4v) is 8.19. The van der Waals surface area contributed by atoms with Gasteiger partial charge in [0.25, 0.3) is 0 Å². The molecule has 1 radical (unpaired) electrons. The Morgan fingerprint density at radius 1 is 0.741 bits per heavy atom. The fourth-order valence-electron chi connectivity index (χ4n) is 6.95. The second-order valence-corrected chi connectivity index (χ2v) is 14.8. The summed E-state index contributed by atoms with van der Waals surface area (Å²) in [6, 6.07) is 43.4. The third-order valence-electron chi connectivity index (χ3n) is 9.57. The largest absolute Gasteiger partial charge is 0.333 e. The number of hydrogen-bond donors (Lipinski definition) is 0. The quantitative estimate of drug-likeness (QED) is 0.161. The summed E-state index contributed by atoms with van der Waals surface area (Å²) < 4.78 is 65.3. The molecule has 0 spiro atoms. The van der Waals surface area contributed by atoms with Gasteiger partial charge in [0, 0.05) is 44.9 Å². The Morgan fingerprint density at radius 2 is 1.44 bits per heavy atom. The number of para-hydroxylation sites is 2. The molecule has 3 aromatic heterocycles. The Hall–Kier alpha value is -5.00. The Bertz CT molecular complexity index is 2980. The van der Waals surface area contributed by atoms with Crippen LogP contribution in [0.5, 0.6) is 0 Å². The van der Waals surface area contributed by atoms with Crippen LogP contribution in [-0.2, 0) is 20.1 Å². The molecule has 0 aliphatic heterocycles. The molecule has 3 heterocycles. The maximum atomic E-state index is 14.5. The molecule has 0 N–H and O–H groups in total. The van der Waals surface area contributed by atoms with Gasteiger partial charge in [0.15, 0.2) is 0 Å². The third-order valence-corrected chi connectivity index (χ3v) is 10.8. The van der Waals surface area contributed by atoms with E-state index in [0.717, 1.165) is 70.2 Å². The van der Waals surface area contributed by atoms with Crippen molar-refractivity contribution in [1.29, 1.82) is 0 Å². The molecule has 6 aromatic carbocycles. The van der Waals surface area contributed by atoms with Crippen molar-refractivity contribution < 1.29 is 32.7 Å². The molecule has 0 saturated carbocycles. The Kier molecular flexibility index (Phi) is 8.65. The van der Waals surface area contributed by atoms with Gasteiger partial charge in [-0.1, -0.05) is 81.1 Å². The molecular weight excluding hydrogens is 862 g/mol. The first-order valence-corrected chi connectivity index (χ1v) is 18.5. The smallest absolute Gasteiger partial charge is 0.123 e. The summed E-state index contributed by atoms with van der Waals surface area (Å²) in [6.45, 7) is 3.31. The van der Waals surface area contributed by atoms with E-state index in [4.69, 9.17) is 13.2 Å². The number of benzene rings is 6. The molecule has 0 aliphatic carbocycles. The number of fused-ring (bicyclic) bond motifs is 5. The van der Waals surface area contributed by atoms with Gasteiger partial charge in [0.05, 0.1) is 16.9 Å². The van der Waals surface area contributed by atoms with Crippen LogP contribution in [0.15, 0.2) is 121 Å². The maximum absolute atomic E-state index is 14.5. The topological polar surface area (TPSA) is 30.7 Å². The van der Waals surface area contributed by atoms with Crippen molar-refractivity contribution in [3.63, 3.8) is 0 Å². The number of aryl methyl sites for hydroxylation is 2. The minimum absolute atomic E-state index is 0. The van der Waals surface area contributed by atoms with E-state index < -0.39 is 13.7 Å². The predicted octanol–water partition coefficient (Wildman–Crippen LogP) is 13.6. The van der Waals surface area contributed by atoms with Crippen LogP contribution in [0.1, 0.15) is 70.0 Å². The van der Waals surface area contributed by atoms with E-state index in [1.165, 1.54) is 12.3 Å². The van der Waals surface area contributed by atoms with Crippen molar-refractivity contribution in [3.8, 4) is 28.3 Å². The first-order chi connectivity index (χ1) is 28.1. The summed E-state index contributed by atoms with van der Waals surface area (Å²) in [6.07, 6.45) is 1.17. The standard InChI is InChI=1S/C25H24FN2.C23H16NS.Ir/c1-16(2)20-14-19(26)15-21(17(3)4)24(20)28-23-13-9-8-12-22(23)27-25(28)18-10-6-5-7-11-18;1-14-10-21(24-13-15(14)2)19-9-5-8-18-20-11-16-6-3-4-7-17(16)12-22(20)25-23(18)19;/h5-10,12-17H,1-4H3;3-8,10-13H,1-2H3;/q2*-1;/i;1D3,2D3;. The molecular formula is C48H40FIrN3S-2. The number of imidazole rings is 1. The van der Waals surface area contributed by atoms with E-state index in [-0.39, 0.29) is 48.9 Å². The van der Waals surface area contributed by atoms with Crippen molar-refractivity contribution in [2.75, 3.05) is 0 Å². The second kappa shape index (κ2) is 15.4. The summed E-state index contributed by atoms with van der Waals surface area (Å²) in [7, 11) is 0. The van der Waals surface area contributed by atoms with E-state index in [2.05, 4.69) is 79.7 Å². The number of nitrogens with zero attached hydrogens (tertiary/aromatic N) is 3. The molecule has 3 nitrogen and oxygen atoms in total. The van der Waals surface area contributed by atoms with Crippen LogP contribution in [0.3, 0.4) is 0 Å². The summed E-state index contributed by atoms with van der Waals surface area (Å²) >= 11 is 1.60. The fraction of sp³-hybridized carbons (Fsp3) is 0.167. The van der Waals surface area contributed by atoms with Gasteiger partial charge in [0.2, 0.25) is 0 Å². The SMILES string of the molecule is CC(C)c1cc(F)cc(C(C)C)c1-n1c(-c2[c-]cccc2)nc2ccccc21.[2H]C([2H])([2H])c1cnc(-c2[c-]ccc3c2sc2cc4ccccc4cc23)cc1C([2H])([2H])[2H].[Ir]. The van der Waals surface area contributed by atoms with Crippen molar-refractivity contribution >= 4 is 53.3 Å². The van der Waals surface area contributed by atoms with Gasteiger partial charge in [-0.25, -0.2) is 4.39 Å². The normalized spacial score (nSPS) is 13.5. The zero-order valence-electron chi connectivity index (χ0n) is 36.2. The van der Waals surface area contributed by atoms with Crippen LogP contribution in [-0.4, -0.2) is 14.5 Å². The van der Waals surface area contributed by atoms with Crippen LogP contribution in [0.25, 0.3) is 70.3 Å². The Balaban J connectivity index is 0.000000179. The van der Waals surface area contributed by atoms with Gasteiger partial charge in [-0.3, -0.25) is 4.98 Å². The predicted molar refractivity (Wildman–Crippen MR) is 222 cm³/mol. The van der Waals surface area contributed by atoms with Crippen LogP contribution in [0.4, 0.5) is 4.39 Å². The van der Waals surface area contributed by atoms with Gasteiger partial charge in [-0.2, -0.15) is 11.3 Å². The molecule has 54 heavy (non-hydrogen) atoms. The maximum Gasteiger partial charge on any atom is 0.123 e. The summed E-state index contributed by atoms with van der Waals surface area (Å²) in [5.41, 5.74) is 6.51. The molecule has 271 valence electrons. The summed E-state index contributed by atoms with van der Waals surface area (Å²) in [5.74, 6) is 1.000. The first kappa shape index (κ1) is 30.3. The Morgan fingerprint density at radius 3 is 2.15 bits per heavy atom. The van der Waals surface area contributed by atoms with Crippen molar-refractivity contribution in [1.82, 2.24) is 14.5 Å². The molecule has 0 amide bonds. The minimum atomic E-state index is -2.56. The summed E-state index contributed by atoms with van der Waals surface area (Å²) in [5, 5.41) is 4.45. The monoisotopic (exact) mass is 908 g/mol. The molecule has 9 rings (SSSR count). The number of pyridine rings is 1. The van der Waals surface area contributed by atoms with Crippen LogP contribution in [0, 0.1) is 31.7 Å². The number of rotatable bonds is 5. The molecule has 0 aliphatic rings. The average molecular weight is 908 g/mol. The van der Waals surface area contributed by atoms with Crippen LogP contribution in [0.2, 0.25) is 0 Å². The molecule has 9 aromatic rings. The van der Waals surface area contributed by atoms with Gasteiger partial charge in [-0.05, 0) is 105 Å². The molecule has 0 bridgehead atoms. The Labute approximate surface area is 342 Å². The molecule has 0 atom stereocenters. The molecule has 6 heteroatoms. The van der Waals surface area contributed by atoms with E-state index in [1.54, 1.807) is 29.5 Å². The number of aromatic nitrogens is 3. The molecule has 0 unspecified atom stereocenters. The first-order valence-electron chi connectivity index (χ1n) is 20.7. The zero-order chi connectivity index (χ0) is 41.8. The molecule has 0 fully saturated rings. The van der Waals surface area contributed by atoms with E-state index >= 15 is 0 Å². The number of thiophene rings is 1. The average Bonchev–Trinajstić information content (AvgIpc) is 3.77. The van der Waals surface area contributed by atoms with E-state index in [0.29, 0.717) is 11.3 Å². The number of halogens is 1. The van der Waals surface area contributed by atoms with Crippen molar-refractivity contribution in [2.45, 2.75) is 53.2 Å². The van der Waals surface area contributed by atoms with E-state index in [1.807, 2.05) is 60.7 Å².